The molecule has 0 unspecified atom stereocenters. The number of hydrogen-bond donors (Lipinski definition) is 0. The monoisotopic (exact) mass is 303 g/mol. The number of hydrogen-bond acceptors (Lipinski definition) is 3. The van der Waals surface area contributed by atoms with Gasteiger partial charge in [-0.3, -0.25) is 9.69 Å². The number of rotatable bonds is 3. The summed E-state index contributed by atoms with van der Waals surface area (Å²) in [5, 5.41) is 0. The molecule has 1 aliphatic heterocycles. The summed E-state index contributed by atoms with van der Waals surface area (Å²) in [4.78, 5) is 14.9. The Bertz CT molecular complexity index is 492. The van der Waals surface area contributed by atoms with E-state index in [2.05, 4.69) is 43.0 Å². The fraction of sp³-hybridized carbons (Fsp3) is 0.632. The zero-order chi connectivity index (χ0) is 16.3. The Morgan fingerprint density at radius 2 is 1.91 bits per heavy atom. The van der Waals surface area contributed by atoms with E-state index in [0.717, 1.165) is 19.4 Å². The molecule has 0 N–H and O–H groups in total. The summed E-state index contributed by atoms with van der Waals surface area (Å²) in [6, 6.07) is 11.0. The molecule has 122 valence electrons. The van der Waals surface area contributed by atoms with Crippen molar-refractivity contribution in [3.05, 3.63) is 35.9 Å². The summed E-state index contributed by atoms with van der Waals surface area (Å²) in [7, 11) is 0. The molecule has 1 fully saturated rings. The number of nitrogens with zero attached hydrogens (tertiary/aromatic N) is 1. The van der Waals surface area contributed by atoms with Gasteiger partial charge in [0.05, 0.1) is 5.92 Å². The fourth-order valence-corrected chi connectivity index (χ4v) is 3.33. The van der Waals surface area contributed by atoms with Gasteiger partial charge in [0, 0.05) is 12.1 Å². The number of esters is 1. The highest BCUT2D eigenvalue weighted by Gasteiger charge is 2.37. The van der Waals surface area contributed by atoms with E-state index in [1.165, 1.54) is 5.56 Å². The molecule has 1 aromatic rings. The smallest absolute Gasteiger partial charge is 0.311 e. The van der Waals surface area contributed by atoms with Crippen LogP contribution in [0.15, 0.2) is 30.3 Å². The van der Waals surface area contributed by atoms with E-state index >= 15 is 0 Å². The molecule has 0 bridgehead atoms. The maximum atomic E-state index is 12.5. The Morgan fingerprint density at radius 1 is 1.27 bits per heavy atom. The van der Waals surface area contributed by atoms with Crippen LogP contribution in [0.5, 0.6) is 0 Å². The standard InChI is InChI=1S/C19H29NO2/c1-14(16-10-7-6-8-11-16)20-13-9-12-17(15(20)2)18(21)22-19(3,4)5/h6-8,10-11,14-15,17H,9,12-13H2,1-5H3/t14-,15-,17+/m1/s1. The Balaban J connectivity index is 2.10. The van der Waals surface area contributed by atoms with Gasteiger partial charge in [-0.05, 0) is 59.6 Å². The van der Waals surface area contributed by atoms with Gasteiger partial charge in [0.25, 0.3) is 0 Å². The molecule has 0 aliphatic carbocycles. The van der Waals surface area contributed by atoms with Crippen molar-refractivity contribution in [3.63, 3.8) is 0 Å². The van der Waals surface area contributed by atoms with Gasteiger partial charge in [0.2, 0.25) is 0 Å². The van der Waals surface area contributed by atoms with Crippen LogP contribution in [0.25, 0.3) is 0 Å². The lowest BCUT2D eigenvalue weighted by atomic mass is 9.88. The Hall–Kier alpha value is -1.35. The second-order valence-electron chi connectivity index (χ2n) is 7.35. The molecule has 1 aliphatic rings. The Morgan fingerprint density at radius 3 is 2.50 bits per heavy atom. The van der Waals surface area contributed by atoms with Crippen molar-refractivity contribution in [2.45, 2.75) is 65.1 Å². The maximum absolute atomic E-state index is 12.5. The minimum atomic E-state index is -0.413. The van der Waals surface area contributed by atoms with Gasteiger partial charge in [0.15, 0.2) is 0 Å². The van der Waals surface area contributed by atoms with Crippen LogP contribution in [-0.4, -0.2) is 29.1 Å². The third kappa shape index (κ3) is 4.10. The van der Waals surface area contributed by atoms with E-state index in [1.54, 1.807) is 0 Å². The van der Waals surface area contributed by atoms with Gasteiger partial charge in [-0.1, -0.05) is 30.3 Å². The van der Waals surface area contributed by atoms with Crippen molar-refractivity contribution < 1.29 is 9.53 Å². The molecule has 2 rings (SSSR count). The van der Waals surface area contributed by atoms with Crippen molar-refractivity contribution in [1.29, 1.82) is 0 Å². The molecular weight excluding hydrogens is 274 g/mol. The lowest BCUT2D eigenvalue weighted by Crippen LogP contribution is -2.48. The Labute approximate surface area is 134 Å². The first-order chi connectivity index (χ1) is 10.3. The number of carbonyl (C=O) groups excluding carboxylic acids is 1. The summed E-state index contributed by atoms with van der Waals surface area (Å²) in [5.41, 5.74) is 0.892. The minimum Gasteiger partial charge on any atom is -0.460 e. The summed E-state index contributed by atoms with van der Waals surface area (Å²) in [6.07, 6.45) is 1.97. The zero-order valence-electron chi connectivity index (χ0n) is 14.5. The van der Waals surface area contributed by atoms with Crippen LogP contribution in [-0.2, 0) is 9.53 Å². The van der Waals surface area contributed by atoms with Crippen molar-refractivity contribution >= 4 is 5.97 Å². The molecule has 3 heteroatoms. The molecule has 0 spiro atoms. The molecular formula is C19H29NO2. The first-order valence-electron chi connectivity index (χ1n) is 8.33. The van der Waals surface area contributed by atoms with Crippen LogP contribution >= 0.6 is 0 Å². The second-order valence-corrected chi connectivity index (χ2v) is 7.35. The molecule has 0 amide bonds. The van der Waals surface area contributed by atoms with E-state index in [0.29, 0.717) is 6.04 Å². The van der Waals surface area contributed by atoms with Crippen molar-refractivity contribution in [1.82, 2.24) is 4.90 Å². The largest absolute Gasteiger partial charge is 0.460 e. The van der Waals surface area contributed by atoms with Crippen LogP contribution in [0.4, 0.5) is 0 Å². The number of benzene rings is 1. The quantitative estimate of drug-likeness (QED) is 0.784. The van der Waals surface area contributed by atoms with Crippen molar-refractivity contribution in [2.24, 2.45) is 5.92 Å². The van der Waals surface area contributed by atoms with Gasteiger partial charge < -0.3 is 4.74 Å². The van der Waals surface area contributed by atoms with Crippen molar-refractivity contribution in [2.75, 3.05) is 6.54 Å². The topological polar surface area (TPSA) is 29.5 Å². The lowest BCUT2D eigenvalue weighted by Gasteiger charge is -2.42. The average molecular weight is 303 g/mol. The van der Waals surface area contributed by atoms with E-state index in [4.69, 9.17) is 4.74 Å². The summed E-state index contributed by atoms with van der Waals surface area (Å²) in [5.74, 6) is -0.0795. The SMILES string of the molecule is C[C@H](c1ccccc1)N1CCC[C@H](C(=O)OC(C)(C)C)[C@H]1C. The Kier molecular flexibility index (Phi) is 5.28. The van der Waals surface area contributed by atoms with E-state index in [9.17, 15) is 4.79 Å². The third-order valence-corrected chi connectivity index (χ3v) is 4.53. The van der Waals surface area contributed by atoms with E-state index < -0.39 is 5.60 Å². The number of ether oxygens (including phenoxy) is 1. The molecule has 0 radical (unpaired) electrons. The predicted octanol–water partition coefficient (Wildman–Crippen LogP) is 4.19. The molecule has 3 nitrogen and oxygen atoms in total. The predicted molar refractivity (Wildman–Crippen MR) is 89.6 cm³/mol. The van der Waals surface area contributed by atoms with Crippen LogP contribution in [0, 0.1) is 5.92 Å². The zero-order valence-corrected chi connectivity index (χ0v) is 14.5. The second kappa shape index (κ2) is 6.82. The van der Waals surface area contributed by atoms with Crippen LogP contribution in [0.2, 0.25) is 0 Å². The number of piperidine rings is 1. The third-order valence-electron chi connectivity index (χ3n) is 4.53. The first-order valence-corrected chi connectivity index (χ1v) is 8.33. The van der Waals surface area contributed by atoms with Gasteiger partial charge in [0.1, 0.15) is 5.60 Å². The van der Waals surface area contributed by atoms with Crippen molar-refractivity contribution in [3.8, 4) is 0 Å². The molecule has 0 saturated carbocycles. The van der Waals surface area contributed by atoms with Crippen LogP contribution in [0.1, 0.15) is 59.1 Å². The maximum Gasteiger partial charge on any atom is 0.311 e. The van der Waals surface area contributed by atoms with E-state index in [-0.39, 0.29) is 17.9 Å². The van der Waals surface area contributed by atoms with E-state index in [1.807, 2.05) is 26.8 Å². The fourth-order valence-electron chi connectivity index (χ4n) is 3.33. The molecule has 0 aromatic heterocycles. The molecule has 1 saturated heterocycles. The number of likely N-dealkylation sites (tertiary alicyclic amines) is 1. The van der Waals surface area contributed by atoms with Crippen LogP contribution < -0.4 is 0 Å². The van der Waals surface area contributed by atoms with Gasteiger partial charge >= 0.3 is 5.97 Å². The van der Waals surface area contributed by atoms with Gasteiger partial charge in [-0.25, -0.2) is 0 Å². The summed E-state index contributed by atoms with van der Waals surface area (Å²) < 4.78 is 5.62. The van der Waals surface area contributed by atoms with Gasteiger partial charge in [-0.2, -0.15) is 0 Å². The molecule has 1 heterocycles. The normalized spacial score (nSPS) is 24.8. The average Bonchev–Trinajstić information content (AvgIpc) is 2.46. The molecule has 3 atom stereocenters. The minimum absolute atomic E-state index is 0.0286. The highest BCUT2D eigenvalue weighted by Crippen LogP contribution is 2.32. The lowest BCUT2D eigenvalue weighted by molar-refractivity contribution is -0.164. The number of carbonyl (C=O) groups is 1. The summed E-state index contributed by atoms with van der Waals surface area (Å²) >= 11 is 0. The highest BCUT2D eigenvalue weighted by atomic mass is 16.6. The molecule has 1 aromatic carbocycles. The van der Waals surface area contributed by atoms with Crippen LogP contribution in [0.3, 0.4) is 0 Å². The summed E-state index contributed by atoms with van der Waals surface area (Å²) in [6.45, 7) is 11.2. The first kappa shape index (κ1) is 17.0. The molecule has 22 heavy (non-hydrogen) atoms. The van der Waals surface area contributed by atoms with Gasteiger partial charge in [-0.15, -0.1) is 0 Å². The highest BCUT2D eigenvalue weighted by molar-refractivity contribution is 5.73.